The molecule has 0 radical (unpaired) electrons. The molecule has 5 nitrogen and oxygen atoms in total. The van der Waals surface area contributed by atoms with Crippen molar-refractivity contribution in [1.82, 2.24) is 5.32 Å². The molecule has 0 saturated heterocycles. The van der Waals surface area contributed by atoms with Gasteiger partial charge in [-0.1, -0.05) is 18.2 Å². The number of hydrogen-bond acceptors (Lipinski definition) is 2. The number of para-hydroxylation sites is 1. The number of hydrogen-bond donors (Lipinski definition) is 3. The highest BCUT2D eigenvalue weighted by atomic mass is 16.2. The Kier molecular flexibility index (Phi) is 5.46. The molecule has 5 heteroatoms. The van der Waals surface area contributed by atoms with E-state index in [1.54, 1.807) is 0 Å². The molecule has 2 amide bonds. The summed E-state index contributed by atoms with van der Waals surface area (Å²) >= 11 is 0. The van der Waals surface area contributed by atoms with Crippen molar-refractivity contribution < 1.29 is 14.9 Å². The maximum absolute atomic E-state index is 12.6. The molecule has 0 spiro atoms. The van der Waals surface area contributed by atoms with Gasteiger partial charge in [0.2, 0.25) is 5.91 Å². The van der Waals surface area contributed by atoms with E-state index in [-0.39, 0.29) is 24.4 Å². The zero-order chi connectivity index (χ0) is 19.8. The molecule has 0 aliphatic heterocycles. The van der Waals surface area contributed by atoms with Crippen LogP contribution in [0.15, 0.2) is 18.2 Å². The first kappa shape index (κ1) is 19.4. The lowest BCUT2D eigenvalue weighted by Crippen LogP contribution is -3.00. The minimum absolute atomic E-state index is 0.0203. The standard InChI is InChI=1S/C23H33N3O2/c1-13-5-4-6-14(2)21(13)26-20(27)12-24-23(28)15(3)25-22-18-8-16-7-17(10-18)11-19(22)9-16/h4-6,15-19,22,25H,7-12H2,1-3H3,(H,24,28)(H,26,27)/p+1/t15-,16?,17?,18?,19?,22?/m1/s1. The van der Waals surface area contributed by atoms with Crippen LogP contribution in [0, 0.1) is 37.5 Å². The highest BCUT2D eigenvalue weighted by molar-refractivity contribution is 5.96. The SMILES string of the molecule is Cc1cccc(C)c1NC(=O)CNC(=O)[C@@H](C)[NH2+]C1C2CC3CC(C2)CC1C3. The molecule has 5 rings (SSSR count). The molecule has 1 aromatic carbocycles. The van der Waals surface area contributed by atoms with Crippen LogP contribution < -0.4 is 16.0 Å². The molecule has 4 bridgehead atoms. The lowest BCUT2D eigenvalue weighted by atomic mass is 9.54. The van der Waals surface area contributed by atoms with E-state index in [0.29, 0.717) is 6.04 Å². The van der Waals surface area contributed by atoms with Gasteiger partial charge in [0.25, 0.3) is 5.91 Å². The van der Waals surface area contributed by atoms with Crippen molar-refractivity contribution >= 4 is 17.5 Å². The first-order valence-corrected chi connectivity index (χ1v) is 10.9. The number of nitrogens with one attached hydrogen (secondary N) is 2. The minimum Gasteiger partial charge on any atom is -0.342 e. The van der Waals surface area contributed by atoms with Crippen LogP contribution in [0.3, 0.4) is 0 Å². The van der Waals surface area contributed by atoms with E-state index in [1.165, 1.54) is 32.1 Å². The number of quaternary nitrogens is 1. The molecule has 1 aromatic rings. The Balaban J connectivity index is 1.26. The fourth-order valence-electron chi connectivity index (χ4n) is 6.23. The first-order chi connectivity index (χ1) is 13.4. The van der Waals surface area contributed by atoms with Gasteiger partial charge in [-0.2, -0.15) is 0 Å². The van der Waals surface area contributed by atoms with Crippen molar-refractivity contribution in [2.45, 2.75) is 65.0 Å². The molecule has 4 aliphatic carbocycles. The third-order valence-electron chi connectivity index (χ3n) is 7.39. The molecule has 28 heavy (non-hydrogen) atoms. The molecular formula is C23H34N3O2+. The number of carbonyl (C=O) groups excluding carboxylic acids is 2. The lowest BCUT2D eigenvalue weighted by Gasteiger charge is -2.53. The molecule has 4 saturated carbocycles. The topological polar surface area (TPSA) is 74.8 Å². The van der Waals surface area contributed by atoms with Gasteiger partial charge in [-0.3, -0.25) is 9.59 Å². The van der Waals surface area contributed by atoms with Crippen LogP contribution in [0.4, 0.5) is 5.69 Å². The normalized spacial score (nSPS) is 31.5. The van der Waals surface area contributed by atoms with Crippen LogP contribution in [-0.4, -0.2) is 30.4 Å². The largest absolute Gasteiger partial charge is 0.342 e. The Morgan fingerprint density at radius 2 is 1.61 bits per heavy atom. The summed E-state index contributed by atoms with van der Waals surface area (Å²) < 4.78 is 0. The fraction of sp³-hybridized carbons (Fsp3) is 0.652. The second-order valence-corrected chi connectivity index (χ2v) is 9.52. The molecule has 1 atom stereocenters. The maximum atomic E-state index is 12.6. The van der Waals surface area contributed by atoms with Crippen LogP contribution in [0.1, 0.15) is 50.2 Å². The predicted molar refractivity (Wildman–Crippen MR) is 110 cm³/mol. The quantitative estimate of drug-likeness (QED) is 0.703. The molecule has 4 aliphatic rings. The second kappa shape index (κ2) is 7.86. The Morgan fingerprint density at radius 1 is 1.04 bits per heavy atom. The predicted octanol–water partition coefficient (Wildman–Crippen LogP) is 2.13. The van der Waals surface area contributed by atoms with E-state index < -0.39 is 0 Å². The second-order valence-electron chi connectivity index (χ2n) is 9.52. The van der Waals surface area contributed by atoms with Crippen molar-refractivity contribution in [3.63, 3.8) is 0 Å². The summed E-state index contributed by atoms with van der Waals surface area (Å²) in [5.41, 5.74) is 2.90. The van der Waals surface area contributed by atoms with Crippen molar-refractivity contribution in [3.05, 3.63) is 29.3 Å². The summed E-state index contributed by atoms with van der Waals surface area (Å²) in [6.45, 7) is 5.95. The summed E-state index contributed by atoms with van der Waals surface area (Å²) in [5.74, 6) is 3.27. The summed E-state index contributed by atoms with van der Waals surface area (Å²) in [6, 6.07) is 6.38. The number of aryl methyl sites for hydroxylation is 2. The highest BCUT2D eigenvalue weighted by Crippen LogP contribution is 2.52. The van der Waals surface area contributed by atoms with E-state index in [9.17, 15) is 9.59 Å². The fourth-order valence-corrected chi connectivity index (χ4v) is 6.23. The number of rotatable bonds is 6. The number of nitrogens with two attached hydrogens (primary N) is 1. The third kappa shape index (κ3) is 3.95. The average molecular weight is 385 g/mol. The monoisotopic (exact) mass is 384 g/mol. The molecule has 0 heterocycles. The van der Waals surface area contributed by atoms with Gasteiger partial charge in [0.15, 0.2) is 6.04 Å². The molecule has 4 N–H and O–H groups in total. The van der Waals surface area contributed by atoms with Crippen molar-refractivity contribution in [3.8, 4) is 0 Å². The Morgan fingerprint density at radius 3 is 2.18 bits per heavy atom. The lowest BCUT2D eigenvalue weighted by molar-refractivity contribution is -0.725. The Hall–Kier alpha value is -1.88. The summed E-state index contributed by atoms with van der Waals surface area (Å²) in [5, 5.41) is 8.06. The van der Waals surface area contributed by atoms with Gasteiger partial charge in [-0.15, -0.1) is 0 Å². The summed E-state index contributed by atoms with van der Waals surface area (Å²) in [7, 11) is 0. The summed E-state index contributed by atoms with van der Waals surface area (Å²) in [4.78, 5) is 24.9. The van der Waals surface area contributed by atoms with E-state index in [4.69, 9.17) is 0 Å². The smallest absolute Gasteiger partial charge is 0.278 e. The summed E-state index contributed by atoms with van der Waals surface area (Å²) in [6.07, 6.45) is 6.90. The van der Waals surface area contributed by atoms with E-state index in [2.05, 4.69) is 16.0 Å². The van der Waals surface area contributed by atoms with Crippen LogP contribution in [-0.2, 0) is 9.59 Å². The van der Waals surface area contributed by atoms with Crippen LogP contribution >= 0.6 is 0 Å². The maximum Gasteiger partial charge on any atom is 0.278 e. The number of anilines is 1. The molecule has 152 valence electrons. The van der Waals surface area contributed by atoms with Gasteiger partial charge < -0.3 is 16.0 Å². The van der Waals surface area contributed by atoms with Crippen LogP contribution in [0.5, 0.6) is 0 Å². The zero-order valence-electron chi connectivity index (χ0n) is 17.3. The van der Waals surface area contributed by atoms with Gasteiger partial charge in [0.05, 0.1) is 12.6 Å². The van der Waals surface area contributed by atoms with Gasteiger partial charge in [-0.05, 0) is 75.8 Å². The number of benzene rings is 1. The Bertz CT molecular complexity index is 712. The first-order valence-electron chi connectivity index (χ1n) is 10.9. The van der Waals surface area contributed by atoms with Crippen molar-refractivity contribution in [2.24, 2.45) is 23.7 Å². The number of amides is 2. The van der Waals surface area contributed by atoms with E-state index in [1.807, 2.05) is 39.0 Å². The average Bonchev–Trinajstić information content (AvgIpc) is 2.65. The number of carbonyl (C=O) groups is 2. The van der Waals surface area contributed by atoms with Crippen LogP contribution in [0.25, 0.3) is 0 Å². The Labute approximate surface area is 168 Å². The van der Waals surface area contributed by atoms with Gasteiger partial charge in [-0.25, -0.2) is 0 Å². The molecule has 0 unspecified atom stereocenters. The zero-order valence-corrected chi connectivity index (χ0v) is 17.3. The van der Waals surface area contributed by atoms with Crippen molar-refractivity contribution in [1.29, 1.82) is 0 Å². The highest BCUT2D eigenvalue weighted by Gasteiger charge is 2.50. The van der Waals surface area contributed by atoms with Crippen LogP contribution in [0.2, 0.25) is 0 Å². The van der Waals surface area contributed by atoms with Gasteiger partial charge in [0.1, 0.15) is 0 Å². The molecule has 0 aromatic heterocycles. The molecular weight excluding hydrogens is 350 g/mol. The third-order valence-corrected chi connectivity index (χ3v) is 7.39. The molecule has 4 fully saturated rings. The van der Waals surface area contributed by atoms with Crippen molar-refractivity contribution in [2.75, 3.05) is 11.9 Å². The minimum atomic E-state index is -0.174. The van der Waals surface area contributed by atoms with Gasteiger partial charge >= 0.3 is 0 Å². The van der Waals surface area contributed by atoms with E-state index in [0.717, 1.165) is 40.5 Å². The van der Waals surface area contributed by atoms with E-state index >= 15 is 0 Å². The van der Waals surface area contributed by atoms with Gasteiger partial charge in [0, 0.05) is 17.5 Å².